The number of hydrogen-bond acceptors (Lipinski definition) is 3. The molecule has 0 aliphatic heterocycles. The summed E-state index contributed by atoms with van der Waals surface area (Å²) < 4.78 is 52.8. The number of benzene rings is 2. The summed E-state index contributed by atoms with van der Waals surface area (Å²) in [6.45, 7) is 0. The third-order valence-corrected chi connectivity index (χ3v) is 4.05. The van der Waals surface area contributed by atoms with Crippen LogP contribution in [0.5, 0.6) is 0 Å². The topological polar surface area (TPSA) is 72.2 Å². The maximum Gasteiger partial charge on any atom is 0.262 e. The van der Waals surface area contributed by atoms with Crippen molar-refractivity contribution in [1.29, 1.82) is 0 Å². The molecule has 0 aliphatic rings. The van der Waals surface area contributed by atoms with Crippen LogP contribution in [0.15, 0.2) is 41.3 Å². The summed E-state index contributed by atoms with van der Waals surface area (Å²) in [6, 6.07) is 6.49. The third-order valence-electron chi connectivity index (χ3n) is 2.40. The highest BCUT2D eigenvalue weighted by Crippen LogP contribution is 2.27. The summed E-state index contributed by atoms with van der Waals surface area (Å²) >= 11 is 5.72. The second-order valence-corrected chi connectivity index (χ2v) is 6.01. The van der Waals surface area contributed by atoms with E-state index in [1.165, 1.54) is 12.1 Å². The number of rotatable bonds is 3. The first-order valence-corrected chi connectivity index (χ1v) is 7.18. The average Bonchev–Trinajstić information content (AvgIpc) is 2.33. The van der Waals surface area contributed by atoms with E-state index < -0.39 is 32.2 Å². The van der Waals surface area contributed by atoms with Crippen LogP contribution >= 0.6 is 11.6 Å². The fourth-order valence-electron chi connectivity index (χ4n) is 1.53. The predicted molar refractivity (Wildman–Crippen MR) is 73.0 cm³/mol. The van der Waals surface area contributed by atoms with E-state index in [-0.39, 0.29) is 10.7 Å². The van der Waals surface area contributed by atoms with Crippen LogP contribution in [-0.4, -0.2) is 8.42 Å². The van der Waals surface area contributed by atoms with Crippen LogP contribution in [0.4, 0.5) is 20.2 Å². The van der Waals surface area contributed by atoms with Crippen molar-refractivity contribution in [3.05, 3.63) is 53.1 Å². The van der Waals surface area contributed by atoms with Gasteiger partial charge in [0, 0.05) is 5.69 Å². The molecule has 4 nitrogen and oxygen atoms in total. The largest absolute Gasteiger partial charge is 0.399 e. The van der Waals surface area contributed by atoms with Gasteiger partial charge in [-0.25, -0.2) is 17.2 Å². The SMILES string of the molecule is Nc1cc(F)cc(S(=O)(=O)Nc2c(F)cccc2Cl)c1. The van der Waals surface area contributed by atoms with Gasteiger partial charge in [-0.1, -0.05) is 17.7 Å². The van der Waals surface area contributed by atoms with Gasteiger partial charge in [-0.2, -0.15) is 0 Å². The van der Waals surface area contributed by atoms with Crippen LogP contribution in [0, 0.1) is 11.6 Å². The lowest BCUT2D eigenvalue weighted by molar-refractivity contribution is 0.593. The Labute approximate surface area is 119 Å². The van der Waals surface area contributed by atoms with Gasteiger partial charge in [0.05, 0.1) is 9.92 Å². The van der Waals surface area contributed by atoms with Crippen molar-refractivity contribution >= 4 is 33.0 Å². The van der Waals surface area contributed by atoms with E-state index in [0.29, 0.717) is 0 Å². The Morgan fingerprint density at radius 2 is 1.85 bits per heavy atom. The van der Waals surface area contributed by atoms with E-state index in [0.717, 1.165) is 24.3 Å². The molecule has 0 spiro atoms. The molecule has 0 saturated heterocycles. The van der Waals surface area contributed by atoms with Crippen LogP contribution in [-0.2, 0) is 10.0 Å². The quantitative estimate of drug-likeness (QED) is 0.854. The second kappa shape index (κ2) is 5.26. The number of halogens is 3. The standard InChI is InChI=1S/C12H9ClF2N2O2S/c13-10-2-1-3-11(15)12(10)17-20(18,19)9-5-7(14)4-8(16)6-9/h1-6,17H,16H2. The third kappa shape index (κ3) is 3.00. The molecule has 0 unspecified atom stereocenters. The van der Waals surface area contributed by atoms with E-state index >= 15 is 0 Å². The number of anilines is 2. The summed E-state index contributed by atoms with van der Waals surface area (Å²) in [4.78, 5) is -0.422. The monoisotopic (exact) mass is 318 g/mol. The van der Waals surface area contributed by atoms with Crippen molar-refractivity contribution in [2.45, 2.75) is 4.90 Å². The molecule has 8 heteroatoms. The zero-order valence-corrected chi connectivity index (χ0v) is 11.5. The van der Waals surface area contributed by atoms with Gasteiger partial charge in [0.1, 0.15) is 17.3 Å². The molecule has 2 aromatic rings. The zero-order chi connectivity index (χ0) is 14.9. The van der Waals surface area contributed by atoms with Crippen molar-refractivity contribution in [2.24, 2.45) is 0 Å². The van der Waals surface area contributed by atoms with Gasteiger partial charge in [0.15, 0.2) is 0 Å². The highest BCUT2D eigenvalue weighted by molar-refractivity contribution is 7.92. The number of hydrogen-bond donors (Lipinski definition) is 2. The lowest BCUT2D eigenvalue weighted by Gasteiger charge is -2.11. The molecule has 0 amide bonds. The minimum atomic E-state index is -4.20. The first-order valence-electron chi connectivity index (χ1n) is 5.32. The summed E-state index contributed by atoms with van der Waals surface area (Å²) in [5.41, 5.74) is 4.91. The van der Waals surface area contributed by atoms with E-state index in [4.69, 9.17) is 17.3 Å². The molecule has 0 heterocycles. The van der Waals surface area contributed by atoms with Crippen molar-refractivity contribution in [3.63, 3.8) is 0 Å². The predicted octanol–water partition coefficient (Wildman–Crippen LogP) is 3.00. The van der Waals surface area contributed by atoms with Crippen molar-refractivity contribution in [2.75, 3.05) is 10.5 Å². The Morgan fingerprint density at radius 3 is 2.45 bits per heavy atom. The molecule has 0 bridgehead atoms. The fourth-order valence-corrected chi connectivity index (χ4v) is 2.95. The Bertz CT molecular complexity index is 726. The van der Waals surface area contributed by atoms with Crippen LogP contribution in [0.2, 0.25) is 5.02 Å². The normalized spacial score (nSPS) is 11.3. The van der Waals surface area contributed by atoms with Gasteiger partial charge < -0.3 is 5.73 Å². The first-order chi connectivity index (χ1) is 9.29. The minimum absolute atomic E-state index is 0.0648. The van der Waals surface area contributed by atoms with E-state index in [1.54, 1.807) is 0 Å². The molecular formula is C12H9ClF2N2O2S. The van der Waals surface area contributed by atoms with Crippen molar-refractivity contribution < 1.29 is 17.2 Å². The summed E-state index contributed by atoms with van der Waals surface area (Å²) in [7, 11) is -4.20. The smallest absolute Gasteiger partial charge is 0.262 e. The van der Waals surface area contributed by atoms with Gasteiger partial charge in [-0.15, -0.1) is 0 Å². The molecule has 0 aromatic heterocycles. The molecule has 0 atom stereocenters. The van der Waals surface area contributed by atoms with Gasteiger partial charge in [0.25, 0.3) is 10.0 Å². The van der Waals surface area contributed by atoms with Crippen LogP contribution in [0.25, 0.3) is 0 Å². The summed E-state index contributed by atoms with van der Waals surface area (Å²) in [6.07, 6.45) is 0. The van der Waals surface area contributed by atoms with Gasteiger partial charge in [0.2, 0.25) is 0 Å². The van der Waals surface area contributed by atoms with Gasteiger partial charge >= 0.3 is 0 Å². The average molecular weight is 319 g/mol. The van der Waals surface area contributed by atoms with Crippen LogP contribution in [0.3, 0.4) is 0 Å². The lowest BCUT2D eigenvalue weighted by atomic mass is 10.3. The first kappa shape index (κ1) is 14.5. The highest BCUT2D eigenvalue weighted by Gasteiger charge is 2.19. The summed E-state index contributed by atoms with van der Waals surface area (Å²) in [5.74, 6) is -1.66. The Hall–Kier alpha value is -1.86. The van der Waals surface area contributed by atoms with E-state index in [2.05, 4.69) is 0 Å². The van der Waals surface area contributed by atoms with Crippen molar-refractivity contribution in [1.82, 2.24) is 0 Å². The van der Waals surface area contributed by atoms with Crippen LogP contribution < -0.4 is 10.5 Å². The lowest BCUT2D eigenvalue weighted by Crippen LogP contribution is -2.15. The highest BCUT2D eigenvalue weighted by atomic mass is 35.5. The maximum atomic E-state index is 13.5. The Balaban J connectivity index is 2.46. The summed E-state index contributed by atoms with van der Waals surface area (Å²) in [5, 5.41) is -0.113. The Kier molecular flexibility index (Phi) is 3.82. The molecule has 20 heavy (non-hydrogen) atoms. The molecule has 106 valence electrons. The number of nitrogens with two attached hydrogens (primary N) is 1. The molecule has 0 fully saturated rings. The molecule has 0 aliphatic carbocycles. The number of sulfonamides is 1. The minimum Gasteiger partial charge on any atom is -0.399 e. The Morgan fingerprint density at radius 1 is 1.15 bits per heavy atom. The number of para-hydroxylation sites is 1. The van der Waals surface area contributed by atoms with Crippen molar-refractivity contribution in [3.8, 4) is 0 Å². The van der Waals surface area contributed by atoms with Crippen LogP contribution in [0.1, 0.15) is 0 Å². The molecule has 0 radical (unpaired) electrons. The van der Waals surface area contributed by atoms with E-state index in [9.17, 15) is 17.2 Å². The molecular weight excluding hydrogens is 310 g/mol. The molecule has 2 aromatic carbocycles. The fraction of sp³-hybridized carbons (Fsp3) is 0. The molecule has 0 saturated carbocycles. The van der Waals surface area contributed by atoms with E-state index in [1.807, 2.05) is 4.72 Å². The second-order valence-electron chi connectivity index (χ2n) is 3.92. The molecule has 2 rings (SSSR count). The molecule has 3 N–H and O–H groups in total. The number of nitrogen functional groups attached to an aromatic ring is 1. The van der Waals surface area contributed by atoms with Gasteiger partial charge in [-0.3, -0.25) is 4.72 Å². The van der Waals surface area contributed by atoms with Gasteiger partial charge in [-0.05, 0) is 30.3 Å². The maximum absolute atomic E-state index is 13.5. The number of nitrogens with one attached hydrogen (secondary N) is 1. The zero-order valence-electron chi connectivity index (χ0n) is 9.90.